The van der Waals surface area contributed by atoms with E-state index in [4.69, 9.17) is 0 Å². The minimum Gasteiger partial charge on any atom is -0.326 e. The van der Waals surface area contributed by atoms with Gasteiger partial charge < -0.3 is 5.32 Å². The lowest BCUT2D eigenvalue weighted by molar-refractivity contribution is -0.115. The summed E-state index contributed by atoms with van der Waals surface area (Å²) in [4.78, 5) is 16.3. The summed E-state index contributed by atoms with van der Waals surface area (Å²) in [6.07, 6.45) is 0.364. The number of rotatable bonds is 4. The van der Waals surface area contributed by atoms with Crippen molar-refractivity contribution in [2.75, 3.05) is 5.32 Å². The van der Waals surface area contributed by atoms with Gasteiger partial charge in [-0.3, -0.25) is 9.89 Å². The Bertz CT molecular complexity index is 763. The Kier molecular flexibility index (Phi) is 3.96. The summed E-state index contributed by atoms with van der Waals surface area (Å²) in [5.41, 5.74) is 2.66. The molecular formula is C17H16N4O. The summed E-state index contributed by atoms with van der Waals surface area (Å²) in [5, 5.41) is 9.81. The van der Waals surface area contributed by atoms with E-state index in [1.165, 1.54) is 0 Å². The summed E-state index contributed by atoms with van der Waals surface area (Å²) in [6.45, 7) is 1.86. The van der Waals surface area contributed by atoms with Crippen LogP contribution in [-0.4, -0.2) is 21.1 Å². The zero-order valence-corrected chi connectivity index (χ0v) is 12.2. The van der Waals surface area contributed by atoms with Crippen molar-refractivity contribution in [3.8, 4) is 11.4 Å². The van der Waals surface area contributed by atoms with E-state index >= 15 is 0 Å². The molecule has 5 nitrogen and oxygen atoms in total. The molecule has 0 aliphatic heterocycles. The molecule has 22 heavy (non-hydrogen) atoms. The molecule has 5 heteroatoms. The summed E-state index contributed by atoms with van der Waals surface area (Å²) < 4.78 is 0. The quantitative estimate of drug-likeness (QED) is 0.776. The van der Waals surface area contributed by atoms with Gasteiger partial charge in [0, 0.05) is 11.3 Å². The highest BCUT2D eigenvalue weighted by Gasteiger charge is 2.06. The third-order valence-corrected chi connectivity index (χ3v) is 3.23. The van der Waals surface area contributed by atoms with Crippen LogP contribution in [0.3, 0.4) is 0 Å². The fourth-order valence-electron chi connectivity index (χ4n) is 2.16. The first kappa shape index (κ1) is 14.0. The van der Waals surface area contributed by atoms with Crippen LogP contribution in [0.2, 0.25) is 0 Å². The Hall–Kier alpha value is -2.95. The molecule has 1 aromatic heterocycles. The van der Waals surface area contributed by atoms with Gasteiger partial charge >= 0.3 is 0 Å². The molecule has 110 valence electrons. The molecule has 1 heterocycles. The minimum atomic E-state index is -0.0345. The predicted octanol–water partition coefficient (Wildman–Crippen LogP) is 2.96. The van der Waals surface area contributed by atoms with Crippen LogP contribution in [0.1, 0.15) is 11.4 Å². The van der Waals surface area contributed by atoms with Crippen molar-refractivity contribution in [2.24, 2.45) is 0 Å². The molecule has 0 spiro atoms. The molecule has 0 radical (unpaired) electrons. The normalized spacial score (nSPS) is 10.4. The Morgan fingerprint density at radius 3 is 2.45 bits per heavy atom. The average Bonchev–Trinajstić information content (AvgIpc) is 2.95. The van der Waals surface area contributed by atoms with Gasteiger partial charge in [-0.2, -0.15) is 5.10 Å². The van der Waals surface area contributed by atoms with E-state index in [0.29, 0.717) is 12.2 Å². The Morgan fingerprint density at radius 1 is 1.09 bits per heavy atom. The molecule has 3 aromatic rings. The number of hydrogen-bond donors (Lipinski definition) is 2. The van der Waals surface area contributed by atoms with Gasteiger partial charge in [0.2, 0.25) is 5.91 Å². The van der Waals surface area contributed by atoms with E-state index in [1.54, 1.807) is 0 Å². The van der Waals surface area contributed by atoms with Crippen LogP contribution in [0.25, 0.3) is 11.4 Å². The molecule has 0 saturated carbocycles. The molecule has 0 aliphatic rings. The molecule has 0 saturated heterocycles. The van der Waals surface area contributed by atoms with Crippen molar-refractivity contribution in [1.82, 2.24) is 15.2 Å². The van der Waals surface area contributed by atoms with Crippen LogP contribution in [0.5, 0.6) is 0 Å². The minimum absolute atomic E-state index is 0.0345. The number of aryl methyl sites for hydroxylation is 1. The number of amides is 1. The summed E-state index contributed by atoms with van der Waals surface area (Å²) in [7, 11) is 0. The smallest absolute Gasteiger partial charge is 0.228 e. The van der Waals surface area contributed by atoms with E-state index in [9.17, 15) is 4.79 Å². The molecular weight excluding hydrogens is 276 g/mol. The molecule has 0 aliphatic carbocycles. The number of nitrogens with zero attached hydrogens (tertiary/aromatic N) is 2. The molecule has 0 bridgehead atoms. The van der Waals surface area contributed by atoms with Crippen molar-refractivity contribution in [3.63, 3.8) is 0 Å². The molecule has 2 aromatic carbocycles. The van der Waals surface area contributed by atoms with Crippen LogP contribution in [0.4, 0.5) is 5.69 Å². The lowest BCUT2D eigenvalue weighted by Gasteiger charge is -2.06. The number of carbonyl (C=O) groups excluding carboxylic acids is 1. The largest absolute Gasteiger partial charge is 0.326 e. The van der Waals surface area contributed by atoms with Crippen LogP contribution in [0, 0.1) is 6.92 Å². The highest BCUT2D eigenvalue weighted by Crippen LogP contribution is 2.18. The van der Waals surface area contributed by atoms with Crippen molar-refractivity contribution >= 4 is 11.6 Å². The lowest BCUT2D eigenvalue weighted by Crippen LogP contribution is -2.14. The number of H-pyrrole nitrogens is 1. The fraction of sp³-hybridized carbons (Fsp3) is 0.118. The van der Waals surface area contributed by atoms with Gasteiger partial charge in [-0.05, 0) is 36.8 Å². The standard InChI is InChI=1S/C17H16N4O/c1-12-18-17(21-20-12)14-7-9-15(10-8-14)19-16(22)11-13-5-3-2-4-6-13/h2-10H,11H2,1H3,(H,19,22)(H,18,20,21). The monoisotopic (exact) mass is 292 g/mol. The van der Waals surface area contributed by atoms with Crippen molar-refractivity contribution in [2.45, 2.75) is 13.3 Å². The van der Waals surface area contributed by atoms with Gasteiger partial charge in [-0.1, -0.05) is 30.3 Å². The maximum atomic E-state index is 12.0. The van der Waals surface area contributed by atoms with E-state index in [2.05, 4.69) is 20.5 Å². The van der Waals surface area contributed by atoms with Crippen LogP contribution in [0.15, 0.2) is 54.6 Å². The number of aromatic nitrogens is 3. The van der Waals surface area contributed by atoms with Crippen molar-refractivity contribution < 1.29 is 4.79 Å². The van der Waals surface area contributed by atoms with Gasteiger partial charge in [0.25, 0.3) is 0 Å². The number of benzene rings is 2. The first-order valence-electron chi connectivity index (χ1n) is 7.04. The van der Waals surface area contributed by atoms with E-state index < -0.39 is 0 Å². The van der Waals surface area contributed by atoms with Gasteiger partial charge in [0.15, 0.2) is 5.82 Å². The number of nitrogens with one attached hydrogen (secondary N) is 2. The van der Waals surface area contributed by atoms with Gasteiger partial charge in [0.05, 0.1) is 6.42 Å². The van der Waals surface area contributed by atoms with E-state index in [1.807, 2.05) is 61.5 Å². The lowest BCUT2D eigenvalue weighted by atomic mass is 10.1. The van der Waals surface area contributed by atoms with Gasteiger partial charge in [-0.25, -0.2) is 4.98 Å². The summed E-state index contributed by atoms with van der Waals surface area (Å²) in [6, 6.07) is 17.1. The summed E-state index contributed by atoms with van der Waals surface area (Å²) in [5.74, 6) is 1.39. The third kappa shape index (κ3) is 3.38. The second kappa shape index (κ2) is 6.22. The molecule has 3 rings (SSSR count). The Morgan fingerprint density at radius 2 is 1.82 bits per heavy atom. The second-order valence-electron chi connectivity index (χ2n) is 5.03. The predicted molar refractivity (Wildman–Crippen MR) is 85.3 cm³/mol. The highest BCUT2D eigenvalue weighted by molar-refractivity contribution is 5.92. The zero-order chi connectivity index (χ0) is 15.4. The number of carbonyl (C=O) groups is 1. The van der Waals surface area contributed by atoms with Crippen molar-refractivity contribution in [3.05, 3.63) is 66.0 Å². The summed E-state index contributed by atoms with van der Waals surface area (Å²) >= 11 is 0. The first-order valence-corrected chi connectivity index (χ1v) is 7.04. The highest BCUT2D eigenvalue weighted by atomic mass is 16.1. The Labute approximate surface area is 128 Å². The van der Waals surface area contributed by atoms with Gasteiger partial charge in [-0.15, -0.1) is 0 Å². The number of anilines is 1. The van der Waals surface area contributed by atoms with E-state index in [-0.39, 0.29) is 5.91 Å². The number of hydrogen-bond acceptors (Lipinski definition) is 3. The fourth-order valence-corrected chi connectivity index (χ4v) is 2.16. The first-order chi connectivity index (χ1) is 10.7. The second-order valence-corrected chi connectivity index (χ2v) is 5.03. The maximum Gasteiger partial charge on any atom is 0.228 e. The van der Waals surface area contributed by atoms with E-state index in [0.717, 1.165) is 22.6 Å². The molecule has 1 amide bonds. The SMILES string of the molecule is Cc1nc(-c2ccc(NC(=O)Cc3ccccc3)cc2)n[nH]1. The molecule has 0 fully saturated rings. The average molecular weight is 292 g/mol. The molecule has 0 atom stereocenters. The van der Waals surface area contributed by atoms with Crippen LogP contribution in [-0.2, 0) is 11.2 Å². The topological polar surface area (TPSA) is 70.7 Å². The van der Waals surface area contributed by atoms with Gasteiger partial charge in [0.1, 0.15) is 5.82 Å². The number of aromatic amines is 1. The van der Waals surface area contributed by atoms with Crippen LogP contribution >= 0.6 is 0 Å². The molecule has 2 N–H and O–H groups in total. The Balaban J connectivity index is 1.65. The van der Waals surface area contributed by atoms with Crippen LogP contribution < -0.4 is 5.32 Å². The zero-order valence-electron chi connectivity index (χ0n) is 12.2. The van der Waals surface area contributed by atoms with Crippen molar-refractivity contribution in [1.29, 1.82) is 0 Å². The molecule has 0 unspecified atom stereocenters. The third-order valence-electron chi connectivity index (χ3n) is 3.23. The maximum absolute atomic E-state index is 12.0.